The Hall–Kier alpha value is -0.610. The third kappa shape index (κ3) is 1.74. The van der Waals surface area contributed by atoms with E-state index in [2.05, 4.69) is 24.1 Å². The second kappa shape index (κ2) is 4.34. The van der Waals surface area contributed by atoms with E-state index in [1.54, 1.807) is 0 Å². The van der Waals surface area contributed by atoms with Crippen molar-refractivity contribution in [2.24, 2.45) is 0 Å². The molecule has 0 aliphatic carbocycles. The van der Waals surface area contributed by atoms with Gasteiger partial charge in [0.05, 0.1) is 7.11 Å². The first-order chi connectivity index (χ1) is 7.60. The zero-order chi connectivity index (χ0) is 11.8. The molecule has 2 aliphatic rings. The van der Waals surface area contributed by atoms with Crippen LogP contribution in [0.4, 0.5) is 0 Å². The normalized spacial score (nSPS) is 34.4. The first kappa shape index (κ1) is 11.9. The van der Waals surface area contributed by atoms with E-state index in [4.69, 9.17) is 4.74 Å². The largest absolute Gasteiger partial charge is 0.468 e. The molecular formula is C12H22N2O2. The van der Waals surface area contributed by atoms with Gasteiger partial charge in [-0.2, -0.15) is 0 Å². The summed E-state index contributed by atoms with van der Waals surface area (Å²) in [6, 6.07) is 0.641. The van der Waals surface area contributed by atoms with Crippen LogP contribution in [0.5, 0.6) is 0 Å². The van der Waals surface area contributed by atoms with Gasteiger partial charge in [0, 0.05) is 18.6 Å². The number of rotatable bonds is 3. The lowest BCUT2D eigenvalue weighted by Crippen LogP contribution is -2.61. The maximum Gasteiger partial charge on any atom is 0.327 e. The second-order valence-corrected chi connectivity index (χ2v) is 5.21. The lowest BCUT2D eigenvalue weighted by molar-refractivity contribution is -0.150. The lowest BCUT2D eigenvalue weighted by atomic mass is 9.88. The number of hydrogen-bond donors (Lipinski definition) is 1. The lowest BCUT2D eigenvalue weighted by Gasteiger charge is -2.35. The van der Waals surface area contributed by atoms with Crippen LogP contribution in [-0.2, 0) is 9.53 Å². The number of esters is 1. The van der Waals surface area contributed by atoms with Gasteiger partial charge in [-0.25, -0.2) is 4.79 Å². The van der Waals surface area contributed by atoms with Crippen LogP contribution in [0.3, 0.4) is 0 Å². The van der Waals surface area contributed by atoms with E-state index in [-0.39, 0.29) is 5.97 Å². The standard InChI is InChI=1S/C12H22N2O2/c1-9(2)13-12(11(15)16-3)6-8-14-7-4-5-10(12)14/h9-10,13H,4-8H2,1-3H3. The Morgan fingerprint density at radius 2 is 2.25 bits per heavy atom. The Labute approximate surface area is 97.3 Å². The molecule has 0 aromatic heterocycles. The number of nitrogens with one attached hydrogen (secondary N) is 1. The van der Waals surface area contributed by atoms with Crippen molar-refractivity contribution in [3.8, 4) is 0 Å². The molecular weight excluding hydrogens is 204 g/mol. The number of ether oxygens (including phenoxy) is 1. The van der Waals surface area contributed by atoms with E-state index in [0.29, 0.717) is 12.1 Å². The molecule has 2 saturated heterocycles. The summed E-state index contributed by atoms with van der Waals surface area (Å²) in [6.45, 7) is 6.31. The van der Waals surface area contributed by atoms with Gasteiger partial charge in [0.2, 0.25) is 0 Å². The van der Waals surface area contributed by atoms with Crippen LogP contribution in [0.15, 0.2) is 0 Å². The zero-order valence-electron chi connectivity index (χ0n) is 10.5. The summed E-state index contributed by atoms with van der Waals surface area (Å²) in [7, 11) is 1.49. The minimum absolute atomic E-state index is 0.0874. The molecule has 4 nitrogen and oxygen atoms in total. The molecule has 2 atom stereocenters. The predicted octanol–water partition coefficient (Wildman–Crippen LogP) is 0.764. The number of nitrogens with zero attached hydrogens (tertiary/aromatic N) is 1. The van der Waals surface area contributed by atoms with Crippen molar-refractivity contribution in [1.82, 2.24) is 10.2 Å². The summed E-state index contributed by atoms with van der Waals surface area (Å²) >= 11 is 0. The molecule has 2 fully saturated rings. The third-order valence-electron chi connectivity index (χ3n) is 3.82. The van der Waals surface area contributed by atoms with E-state index >= 15 is 0 Å². The summed E-state index contributed by atoms with van der Waals surface area (Å²) in [4.78, 5) is 14.5. The zero-order valence-corrected chi connectivity index (χ0v) is 10.5. The van der Waals surface area contributed by atoms with Crippen molar-refractivity contribution >= 4 is 5.97 Å². The Morgan fingerprint density at radius 3 is 2.88 bits per heavy atom. The summed E-state index contributed by atoms with van der Waals surface area (Å²) in [5.74, 6) is -0.0874. The van der Waals surface area contributed by atoms with Crippen LogP contribution in [0.25, 0.3) is 0 Å². The highest BCUT2D eigenvalue weighted by molar-refractivity contribution is 5.82. The molecule has 0 aromatic carbocycles. The van der Waals surface area contributed by atoms with E-state index in [9.17, 15) is 4.79 Å². The van der Waals surface area contributed by atoms with Gasteiger partial charge in [-0.1, -0.05) is 0 Å². The highest BCUT2D eigenvalue weighted by atomic mass is 16.5. The SMILES string of the molecule is COC(=O)C1(NC(C)C)CCN2CCCC21. The van der Waals surface area contributed by atoms with E-state index < -0.39 is 5.54 Å². The second-order valence-electron chi connectivity index (χ2n) is 5.21. The number of methoxy groups -OCH3 is 1. The van der Waals surface area contributed by atoms with E-state index in [1.165, 1.54) is 13.5 Å². The van der Waals surface area contributed by atoms with Crippen molar-refractivity contribution < 1.29 is 9.53 Å². The van der Waals surface area contributed by atoms with Crippen LogP contribution in [-0.4, -0.2) is 48.7 Å². The van der Waals surface area contributed by atoms with Gasteiger partial charge in [-0.15, -0.1) is 0 Å². The number of carbonyl (C=O) groups excluding carboxylic acids is 1. The maximum absolute atomic E-state index is 12.1. The van der Waals surface area contributed by atoms with Crippen molar-refractivity contribution in [1.29, 1.82) is 0 Å². The molecule has 2 aliphatic heterocycles. The molecule has 4 heteroatoms. The summed E-state index contributed by atoms with van der Waals surface area (Å²) in [6.07, 6.45) is 3.18. The van der Waals surface area contributed by atoms with Crippen molar-refractivity contribution in [2.75, 3.05) is 20.2 Å². The fourth-order valence-electron chi connectivity index (χ4n) is 3.30. The molecule has 0 saturated carbocycles. The van der Waals surface area contributed by atoms with Crippen LogP contribution < -0.4 is 5.32 Å². The maximum atomic E-state index is 12.1. The average Bonchev–Trinajstić information content (AvgIpc) is 2.80. The molecule has 2 unspecified atom stereocenters. The third-order valence-corrected chi connectivity index (χ3v) is 3.82. The minimum Gasteiger partial charge on any atom is -0.468 e. The smallest absolute Gasteiger partial charge is 0.327 e. The summed E-state index contributed by atoms with van der Waals surface area (Å²) in [5, 5.41) is 3.46. The van der Waals surface area contributed by atoms with Gasteiger partial charge in [-0.3, -0.25) is 10.2 Å². The van der Waals surface area contributed by atoms with Gasteiger partial charge >= 0.3 is 5.97 Å². The van der Waals surface area contributed by atoms with Gasteiger partial charge in [0.25, 0.3) is 0 Å². The highest BCUT2D eigenvalue weighted by Crippen LogP contribution is 2.37. The van der Waals surface area contributed by atoms with Crippen LogP contribution in [0.1, 0.15) is 33.1 Å². The molecule has 0 radical (unpaired) electrons. The van der Waals surface area contributed by atoms with E-state index in [0.717, 1.165) is 25.9 Å². The molecule has 0 aromatic rings. The fraction of sp³-hybridized carbons (Fsp3) is 0.917. The molecule has 2 heterocycles. The van der Waals surface area contributed by atoms with Crippen molar-refractivity contribution in [2.45, 2.75) is 50.7 Å². The molecule has 92 valence electrons. The van der Waals surface area contributed by atoms with Gasteiger partial charge in [-0.05, 0) is 39.7 Å². The Bertz CT molecular complexity index is 280. The van der Waals surface area contributed by atoms with E-state index in [1.807, 2.05) is 0 Å². The van der Waals surface area contributed by atoms with Crippen LogP contribution in [0, 0.1) is 0 Å². The van der Waals surface area contributed by atoms with Gasteiger partial charge in [0.1, 0.15) is 5.54 Å². The van der Waals surface area contributed by atoms with Crippen molar-refractivity contribution in [3.05, 3.63) is 0 Å². The van der Waals surface area contributed by atoms with Crippen LogP contribution >= 0.6 is 0 Å². The van der Waals surface area contributed by atoms with Gasteiger partial charge in [0.15, 0.2) is 0 Å². The Kier molecular flexibility index (Phi) is 3.22. The summed E-state index contributed by atoms with van der Waals surface area (Å²) < 4.78 is 5.02. The van der Waals surface area contributed by atoms with Crippen molar-refractivity contribution in [3.63, 3.8) is 0 Å². The number of carbonyl (C=O) groups is 1. The molecule has 2 rings (SSSR count). The number of fused-ring (bicyclic) bond motifs is 1. The monoisotopic (exact) mass is 226 g/mol. The fourth-order valence-corrected chi connectivity index (χ4v) is 3.30. The molecule has 0 amide bonds. The highest BCUT2D eigenvalue weighted by Gasteiger charge is 2.55. The first-order valence-electron chi connectivity index (χ1n) is 6.20. The minimum atomic E-state index is -0.459. The molecule has 16 heavy (non-hydrogen) atoms. The molecule has 0 spiro atoms. The van der Waals surface area contributed by atoms with Gasteiger partial charge < -0.3 is 4.74 Å². The molecule has 0 bridgehead atoms. The average molecular weight is 226 g/mol. The number of hydrogen-bond acceptors (Lipinski definition) is 4. The summed E-state index contributed by atoms with van der Waals surface area (Å²) in [5.41, 5.74) is -0.459. The first-order valence-corrected chi connectivity index (χ1v) is 6.20. The topological polar surface area (TPSA) is 41.6 Å². The Morgan fingerprint density at radius 1 is 1.50 bits per heavy atom. The van der Waals surface area contributed by atoms with Crippen LogP contribution in [0.2, 0.25) is 0 Å². The molecule has 1 N–H and O–H groups in total. The Balaban J connectivity index is 2.23. The predicted molar refractivity (Wildman–Crippen MR) is 62.2 cm³/mol. The quantitative estimate of drug-likeness (QED) is 0.722.